The summed E-state index contributed by atoms with van der Waals surface area (Å²) in [7, 11) is 1.64. The van der Waals surface area contributed by atoms with Crippen molar-refractivity contribution in [1.82, 2.24) is 19.9 Å². The van der Waals surface area contributed by atoms with E-state index in [1.54, 1.807) is 61.8 Å². The summed E-state index contributed by atoms with van der Waals surface area (Å²) in [4.78, 5) is 33.5. The fourth-order valence-electron chi connectivity index (χ4n) is 3.40. The number of anilines is 2. The standard InChI is InChI=1S/C24H21Cl2N5O3/c1-3-27-20(32)13-34-16-9-7-15(8-10-16)29-24-28-12-14-11-17(23(33)31(2)22(14)30-24)21-18(25)5-4-6-19(21)26/h4-12H,3,13H2,1-2H3,(H,27,32)(H,28,29,30). The number of ether oxygens (including phenoxy) is 1. The van der Waals surface area contributed by atoms with Crippen LogP contribution < -0.4 is 20.9 Å². The lowest BCUT2D eigenvalue weighted by molar-refractivity contribution is -0.122. The third-order valence-corrected chi connectivity index (χ3v) is 5.66. The topological polar surface area (TPSA) is 98.1 Å². The first kappa shape index (κ1) is 23.5. The molecule has 0 saturated carbocycles. The molecule has 4 rings (SSSR count). The van der Waals surface area contributed by atoms with Gasteiger partial charge in [-0.05, 0) is 49.4 Å². The maximum atomic E-state index is 13.1. The lowest BCUT2D eigenvalue weighted by atomic mass is 10.1. The Balaban J connectivity index is 1.58. The number of rotatable bonds is 7. The molecule has 0 aliphatic heterocycles. The maximum absolute atomic E-state index is 13.1. The van der Waals surface area contributed by atoms with Crippen molar-refractivity contribution in [2.45, 2.75) is 6.92 Å². The summed E-state index contributed by atoms with van der Waals surface area (Å²) in [5.41, 5.74) is 1.74. The number of hydrogen-bond donors (Lipinski definition) is 2. The zero-order valence-corrected chi connectivity index (χ0v) is 19.9. The van der Waals surface area contributed by atoms with Crippen LogP contribution in [0.4, 0.5) is 11.6 Å². The zero-order chi connectivity index (χ0) is 24.2. The van der Waals surface area contributed by atoms with Gasteiger partial charge in [-0.15, -0.1) is 0 Å². The summed E-state index contributed by atoms with van der Waals surface area (Å²) in [6.07, 6.45) is 1.63. The summed E-state index contributed by atoms with van der Waals surface area (Å²) < 4.78 is 6.89. The summed E-state index contributed by atoms with van der Waals surface area (Å²) >= 11 is 12.6. The van der Waals surface area contributed by atoms with Crippen molar-refractivity contribution < 1.29 is 9.53 Å². The van der Waals surface area contributed by atoms with Crippen LogP contribution in [0.3, 0.4) is 0 Å². The van der Waals surface area contributed by atoms with Gasteiger partial charge in [0.25, 0.3) is 11.5 Å². The van der Waals surface area contributed by atoms with Gasteiger partial charge in [-0.1, -0.05) is 29.3 Å². The van der Waals surface area contributed by atoms with Crippen LogP contribution in [0.5, 0.6) is 5.75 Å². The molecule has 2 N–H and O–H groups in total. The predicted octanol–water partition coefficient (Wildman–Crippen LogP) is 4.56. The SMILES string of the molecule is CCNC(=O)COc1ccc(Nc2ncc3cc(-c4c(Cl)cccc4Cl)c(=O)n(C)c3n2)cc1. The molecule has 0 spiro atoms. The Kier molecular flexibility index (Phi) is 7.00. The van der Waals surface area contributed by atoms with Crippen molar-refractivity contribution >= 4 is 51.8 Å². The molecule has 4 aromatic rings. The van der Waals surface area contributed by atoms with E-state index >= 15 is 0 Å². The number of fused-ring (bicyclic) bond motifs is 1. The number of nitrogens with zero attached hydrogens (tertiary/aromatic N) is 3. The quantitative estimate of drug-likeness (QED) is 0.388. The zero-order valence-electron chi connectivity index (χ0n) is 18.4. The second-order valence-corrected chi connectivity index (χ2v) is 8.20. The number of amides is 1. The molecule has 0 atom stereocenters. The van der Waals surface area contributed by atoms with Gasteiger partial charge in [0.1, 0.15) is 11.4 Å². The van der Waals surface area contributed by atoms with E-state index < -0.39 is 0 Å². The molecule has 2 aromatic heterocycles. The van der Waals surface area contributed by atoms with Gasteiger partial charge in [0.15, 0.2) is 6.61 Å². The molecule has 2 aromatic carbocycles. The van der Waals surface area contributed by atoms with E-state index in [4.69, 9.17) is 27.9 Å². The van der Waals surface area contributed by atoms with Gasteiger partial charge in [0.05, 0.1) is 15.6 Å². The van der Waals surface area contributed by atoms with E-state index in [1.165, 1.54) is 4.57 Å². The highest BCUT2D eigenvalue weighted by molar-refractivity contribution is 6.39. The van der Waals surface area contributed by atoms with Crippen LogP contribution in [0.25, 0.3) is 22.2 Å². The van der Waals surface area contributed by atoms with Crippen molar-refractivity contribution in [3.63, 3.8) is 0 Å². The van der Waals surface area contributed by atoms with Crippen LogP contribution in [0.2, 0.25) is 10.0 Å². The number of halogens is 2. The average Bonchev–Trinajstić information content (AvgIpc) is 2.82. The number of nitrogens with one attached hydrogen (secondary N) is 2. The van der Waals surface area contributed by atoms with E-state index in [0.717, 1.165) is 0 Å². The Morgan fingerprint density at radius 2 is 1.82 bits per heavy atom. The Bertz CT molecular complexity index is 1400. The number of carbonyl (C=O) groups excluding carboxylic acids is 1. The largest absolute Gasteiger partial charge is 0.484 e. The first-order chi connectivity index (χ1) is 16.4. The molecule has 8 nitrogen and oxygen atoms in total. The van der Waals surface area contributed by atoms with Crippen molar-refractivity contribution in [3.05, 3.63) is 75.1 Å². The molecule has 0 fully saturated rings. The lowest BCUT2D eigenvalue weighted by Crippen LogP contribution is -2.28. The molecule has 174 valence electrons. The van der Waals surface area contributed by atoms with E-state index in [9.17, 15) is 9.59 Å². The second kappa shape index (κ2) is 10.1. The van der Waals surface area contributed by atoms with Gasteiger partial charge < -0.3 is 15.4 Å². The predicted molar refractivity (Wildman–Crippen MR) is 134 cm³/mol. The van der Waals surface area contributed by atoms with Crippen LogP contribution in [-0.4, -0.2) is 33.6 Å². The van der Waals surface area contributed by atoms with Crippen LogP contribution in [0, 0.1) is 0 Å². The number of carbonyl (C=O) groups is 1. The normalized spacial score (nSPS) is 10.8. The number of benzene rings is 2. The molecule has 2 heterocycles. The van der Waals surface area contributed by atoms with E-state index in [2.05, 4.69) is 20.6 Å². The smallest absolute Gasteiger partial charge is 0.259 e. The maximum Gasteiger partial charge on any atom is 0.259 e. The number of aromatic nitrogens is 3. The molecule has 0 aliphatic rings. The first-order valence-corrected chi connectivity index (χ1v) is 11.2. The van der Waals surface area contributed by atoms with Crippen molar-refractivity contribution in [1.29, 1.82) is 0 Å². The molecule has 0 unspecified atom stereocenters. The van der Waals surface area contributed by atoms with Crippen LogP contribution >= 0.6 is 23.2 Å². The molecule has 34 heavy (non-hydrogen) atoms. The van der Waals surface area contributed by atoms with Crippen molar-refractivity contribution in [2.75, 3.05) is 18.5 Å². The van der Waals surface area contributed by atoms with Gasteiger partial charge in [-0.25, -0.2) is 4.98 Å². The minimum atomic E-state index is -0.277. The fourth-order valence-corrected chi connectivity index (χ4v) is 4.00. The number of hydrogen-bond acceptors (Lipinski definition) is 6. The van der Waals surface area contributed by atoms with E-state index in [-0.39, 0.29) is 18.1 Å². The third kappa shape index (κ3) is 4.98. The van der Waals surface area contributed by atoms with Gasteiger partial charge in [-0.3, -0.25) is 14.2 Å². The highest BCUT2D eigenvalue weighted by Crippen LogP contribution is 2.33. The van der Waals surface area contributed by atoms with Crippen molar-refractivity contribution in [2.24, 2.45) is 7.05 Å². The fraction of sp³-hybridized carbons (Fsp3) is 0.167. The monoisotopic (exact) mass is 497 g/mol. The number of likely N-dealkylation sites (N-methyl/N-ethyl adjacent to an activating group) is 1. The average molecular weight is 498 g/mol. The van der Waals surface area contributed by atoms with Crippen LogP contribution in [0.1, 0.15) is 6.92 Å². The first-order valence-electron chi connectivity index (χ1n) is 10.4. The van der Waals surface area contributed by atoms with Crippen molar-refractivity contribution in [3.8, 4) is 16.9 Å². The lowest BCUT2D eigenvalue weighted by Gasteiger charge is -2.12. The molecular formula is C24H21Cl2N5O3. The van der Waals surface area contributed by atoms with Gasteiger partial charge in [0.2, 0.25) is 5.95 Å². The molecule has 0 radical (unpaired) electrons. The molecule has 10 heteroatoms. The Hall–Kier alpha value is -3.62. The Labute approximate surface area is 205 Å². The summed E-state index contributed by atoms with van der Waals surface area (Å²) in [5, 5.41) is 7.22. The minimum absolute atomic E-state index is 0.0518. The summed E-state index contributed by atoms with van der Waals surface area (Å²) in [5.74, 6) is 0.700. The third-order valence-electron chi connectivity index (χ3n) is 5.03. The summed E-state index contributed by atoms with van der Waals surface area (Å²) in [6, 6.07) is 13.8. The molecule has 0 aliphatic carbocycles. The number of pyridine rings is 1. The highest BCUT2D eigenvalue weighted by Gasteiger charge is 2.16. The highest BCUT2D eigenvalue weighted by atomic mass is 35.5. The summed E-state index contributed by atoms with van der Waals surface area (Å²) in [6.45, 7) is 2.35. The number of aryl methyl sites for hydroxylation is 1. The second-order valence-electron chi connectivity index (χ2n) is 7.38. The van der Waals surface area contributed by atoms with Crippen LogP contribution in [0.15, 0.2) is 59.5 Å². The molecule has 0 saturated heterocycles. The Morgan fingerprint density at radius 1 is 1.12 bits per heavy atom. The molecule has 1 amide bonds. The van der Waals surface area contributed by atoms with Gasteiger partial charge in [0, 0.05) is 36.4 Å². The minimum Gasteiger partial charge on any atom is -0.484 e. The van der Waals surface area contributed by atoms with Gasteiger partial charge >= 0.3 is 0 Å². The van der Waals surface area contributed by atoms with Crippen LogP contribution in [-0.2, 0) is 11.8 Å². The van der Waals surface area contributed by atoms with E-state index in [1.807, 2.05) is 6.92 Å². The van der Waals surface area contributed by atoms with E-state index in [0.29, 0.717) is 56.1 Å². The Morgan fingerprint density at radius 3 is 2.50 bits per heavy atom. The van der Waals surface area contributed by atoms with Gasteiger partial charge in [-0.2, -0.15) is 4.98 Å². The molecule has 0 bridgehead atoms. The molecular weight excluding hydrogens is 477 g/mol.